The molecule has 0 spiro atoms. The van der Waals surface area contributed by atoms with Gasteiger partial charge in [-0.2, -0.15) is 0 Å². The Balaban J connectivity index is 3.78. The van der Waals surface area contributed by atoms with Gasteiger partial charge in [0.15, 0.2) is 0 Å². The van der Waals surface area contributed by atoms with Crippen molar-refractivity contribution in [2.45, 2.75) is 13.0 Å². The van der Waals surface area contributed by atoms with Gasteiger partial charge in [0.1, 0.15) is 12.3 Å². The summed E-state index contributed by atoms with van der Waals surface area (Å²) in [5.41, 5.74) is 7.92. The zero-order chi connectivity index (χ0) is 8.69. The summed E-state index contributed by atoms with van der Waals surface area (Å²) in [4.78, 5) is 22.8. The van der Waals surface area contributed by atoms with Crippen LogP contribution in [0, 0.1) is 0 Å². The molecule has 1 N–H and O–H groups in total. The number of hydrogen-bond acceptors (Lipinski definition) is 3. The molecule has 0 fully saturated rings. The van der Waals surface area contributed by atoms with Crippen LogP contribution in [-0.4, -0.2) is 24.8 Å². The lowest BCUT2D eigenvalue weighted by Crippen LogP contribution is -2.29. The lowest BCUT2D eigenvalue weighted by atomic mass is 10.3. The molecule has 6 nitrogen and oxygen atoms in total. The van der Waals surface area contributed by atoms with Crippen molar-refractivity contribution in [3.05, 3.63) is 10.4 Å². The molecule has 0 aromatic heterocycles. The fraction of sp³-hybridized carbons (Fsp3) is 0.600. The van der Waals surface area contributed by atoms with Gasteiger partial charge >= 0.3 is 0 Å². The molecule has 0 aliphatic heterocycles. The highest BCUT2D eigenvalue weighted by atomic mass is 16.1. The molecule has 1 amide bonds. The van der Waals surface area contributed by atoms with E-state index >= 15 is 0 Å². The fourth-order valence-corrected chi connectivity index (χ4v) is 0.431. The van der Waals surface area contributed by atoms with Crippen LogP contribution in [-0.2, 0) is 9.59 Å². The number of rotatable bonds is 4. The van der Waals surface area contributed by atoms with Crippen molar-refractivity contribution in [3.63, 3.8) is 0 Å². The van der Waals surface area contributed by atoms with Crippen LogP contribution in [0.1, 0.15) is 6.92 Å². The van der Waals surface area contributed by atoms with Gasteiger partial charge in [0.25, 0.3) is 0 Å². The van der Waals surface area contributed by atoms with Gasteiger partial charge in [0.05, 0.1) is 0 Å². The van der Waals surface area contributed by atoms with E-state index in [1.54, 1.807) is 0 Å². The second kappa shape index (κ2) is 5.25. The molecule has 0 rings (SSSR count). The first-order valence-electron chi connectivity index (χ1n) is 2.94. The van der Waals surface area contributed by atoms with E-state index in [4.69, 9.17) is 5.53 Å². The van der Waals surface area contributed by atoms with Crippen molar-refractivity contribution < 1.29 is 9.59 Å². The average Bonchev–Trinajstić information content (AvgIpc) is 1.97. The van der Waals surface area contributed by atoms with Crippen LogP contribution < -0.4 is 5.32 Å². The minimum Gasteiger partial charge on any atom is -0.355 e. The third-order valence-electron chi connectivity index (χ3n) is 0.917. The first kappa shape index (κ1) is 9.45. The van der Waals surface area contributed by atoms with Crippen molar-refractivity contribution in [1.82, 2.24) is 5.32 Å². The summed E-state index contributed by atoms with van der Waals surface area (Å²) in [6.45, 7) is 1.38. The first-order chi connectivity index (χ1) is 5.20. The maximum Gasteiger partial charge on any atom is 0.216 e. The molecule has 11 heavy (non-hydrogen) atoms. The van der Waals surface area contributed by atoms with Crippen molar-refractivity contribution >= 4 is 12.2 Å². The highest BCUT2D eigenvalue weighted by molar-refractivity contribution is 5.73. The zero-order valence-corrected chi connectivity index (χ0v) is 6.02. The normalized spacial score (nSPS) is 11.0. The van der Waals surface area contributed by atoms with Gasteiger partial charge in [-0.15, -0.1) is 0 Å². The molecule has 0 saturated heterocycles. The van der Waals surface area contributed by atoms with Crippen LogP contribution in [0.2, 0.25) is 0 Å². The number of amides is 1. The zero-order valence-electron chi connectivity index (χ0n) is 6.02. The lowest BCUT2D eigenvalue weighted by Gasteiger charge is -2.01. The van der Waals surface area contributed by atoms with E-state index in [1.165, 1.54) is 6.92 Å². The molecule has 0 aromatic rings. The van der Waals surface area contributed by atoms with Crippen LogP contribution in [0.25, 0.3) is 10.4 Å². The first-order valence-corrected chi connectivity index (χ1v) is 2.94. The Kier molecular flexibility index (Phi) is 4.51. The maximum atomic E-state index is 10.3. The second-order valence-electron chi connectivity index (χ2n) is 1.85. The molecule has 60 valence electrons. The van der Waals surface area contributed by atoms with Gasteiger partial charge in [-0.05, 0) is 5.53 Å². The molecular formula is C5H8N4O2. The SMILES string of the molecule is CC(=O)NCC(C=O)N=[N+]=[N-]. The van der Waals surface area contributed by atoms with Crippen LogP contribution in [0.3, 0.4) is 0 Å². The van der Waals surface area contributed by atoms with E-state index in [0.29, 0.717) is 6.29 Å². The Morgan fingerprint density at radius 2 is 2.55 bits per heavy atom. The predicted molar refractivity (Wildman–Crippen MR) is 37.7 cm³/mol. The lowest BCUT2D eigenvalue weighted by molar-refractivity contribution is -0.119. The number of nitrogens with one attached hydrogen (secondary N) is 1. The number of azide groups is 1. The summed E-state index contributed by atoms with van der Waals surface area (Å²) in [5.74, 6) is -0.259. The monoisotopic (exact) mass is 156 g/mol. The predicted octanol–water partition coefficient (Wildman–Crippen LogP) is 0.000300. The van der Waals surface area contributed by atoms with Gasteiger partial charge in [-0.25, -0.2) is 0 Å². The molecule has 0 heterocycles. The van der Waals surface area contributed by atoms with E-state index < -0.39 is 6.04 Å². The quantitative estimate of drug-likeness (QED) is 0.268. The standard InChI is InChI=1S/C5H8N4O2/c1-4(11)7-2-5(3-10)8-9-6/h3,5H,2H2,1H3,(H,7,11). The Bertz CT molecular complexity index is 197. The summed E-state index contributed by atoms with van der Waals surface area (Å²) in [7, 11) is 0. The molecule has 0 aliphatic rings. The summed E-state index contributed by atoms with van der Waals surface area (Å²) in [6, 6.07) is -0.802. The van der Waals surface area contributed by atoms with Gasteiger partial charge in [0, 0.05) is 18.4 Å². The summed E-state index contributed by atoms with van der Waals surface area (Å²) in [6.07, 6.45) is 0.482. The highest BCUT2D eigenvalue weighted by Crippen LogP contribution is 1.83. The van der Waals surface area contributed by atoms with Crippen LogP contribution in [0.15, 0.2) is 5.11 Å². The minimum atomic E-state index is -0.802. The number of nitrogens with zero attached hydrogens (tertiary/aromatic N) is 3. The Labute approximate surface area is 63.2 Å². The second-order valence-corrected chi connectivity index (χ2v) is 1.85. The van der Waals surface area contributed by atoms with Gasteiger partial charge in [-0.3, -0.25) is 4.79 Å². The van der Waals surface area contributed by atoms with E-state index in [-0.39, 0.29) is 12.5 Å². The Hall–Kier alpha value is -1.55. The van der Waals surface area contributed by atoms with E-state index in [1.807, 2.05) is 0 Å². The van der Waals surface area contributed by atoms with Crippen molar-refractivity contribution in [1.29, 1.82) is 0 Å². The van der Waals surface area contributed by atoms with Crippen molar-refractivity contribution in [2.75, 3.05) is 6.54 Å². The molecule has 6 heteroatoms. The van der Waals surface area contributed by atoms with Gasteiger partial charge < -0.3 is 10.1 Å². The smallest absolute Gasteiger partial charge is 0.216 e. The fourth-order valence-electron chi connectivity index (χ4n) is 0.431. The molecule has 0 bridgehead atoms. The summed E-state index contributed by atoms with van der Waals surface area (Å²) < 4.78 is 0. The maximum absolute atomic E-state index is 10.3. The molecule has 0 aromatic carbocycles. The van der Waals surface area contributed by atoms with Gasteiger partial charge in [-0.1, -0.05) is 5.11 Å². The highest BCUT2D eigenvalue weighted by Gasteiger charge is 2.03. The molecule has 1 unspecified atom stereocenters. The Morgan fingerprint density at radius 1 is 1.91 bits per heavy atom. The molecule has 1 atom stereocenters. The molecular weight excluding hydrogens is 148 g/mol. The van der Waals surface area contributed by atoms with E-state index in [0.717, 1.165) is 0 Å². The number of hydrogen-bond donors (Lipinski definition) is 1. The van der Waals surface area contributed by atoms with Crippen LogP contribution >= 0.6 is 0 Å². The topological polar surface area (TPSA) is 94.9 Å². The number of carbonyl (C=O) groups excluding carboxylic acids is 2. The average molecular weight is 156 g/mol. The molecule has 0 aliphatic carbocycles. The Morgan fingerprint density at radius 3 is 2.91 bits per heavy atom. The molecule has 0 saturated carbocycles. The summed E-state index contributed by atoms with van der Waals surface area (Å²) >= 11 is 0. The van der Waals surface area contributed by atoms with E-state index in [2.05, 4.69) is 15.3 Å². The van der Waals surface area contributed by atoms with Crippen molar-refractivity contribution in [2.24, 2.45) is 5.11 Å². The molecule has 0 radical (unpaired) electrons. The number of aldehydes is 1. The third-order valence-corrected chi connectivity index (χ3v) is 0.917. The van der Waals surface area contributed by atoms with Crippen molar-refractivity contribution in [3.8, 4) is 0 Å². The van der Waals surface area contributed by atoms with Gasteiger partial charge in [0.2, 0.25) is 5.91 Å². The van der Waals surface area contributed by atoms with Crippen LogP contribution in [0.4, 0.5) is 0 Å². The summed E-state index contributed by atoms with van der Waals surface area (Å²) in [5, 5.41) is 5.46. The minimum absolute atomic E-state index is 0.0584. The van der Waals surface area contributed by atoms with Crippen LogP contribution in [0.5, 0.6) is 0 Å². The van der Waals surface area contributed by atoms with E-state index in [9.17, 15) is 9.59 Å². The largest absolute Gasteiger partial charge is 0.355 e. The number of carbonyl (C=O) groups is 2. The third kappa shape index (κ3) is 4.92.